The van der Waals surface area contributed by atoms with Crippen LogP contribution in [-0.2, 0) is 17.9 Å². The van der Waals surface area contributed by atoms with E-state index in [1.165, 1.54) is 116 Å². The van der Waals surface area contributed by atoms with Crippen molar-refractivity contribution >= 4 is 23.7 Å². The van der Waals surface area contributed by atoms with Crippen LogP contribution in [0.5, 0.6) is 0 Å². The van der Waals surface area contributed by atoms with Crippen molar-refractivity contribution < 1.29 is 17.9 Å². The van der Waals surface area contributed by atoms with Crippen molar-refractivity contribution in [2.45, 2.75) is 227 Å². The zero-order chi connectivity index (χ0) is 31.2. The van der Waals surface area contributed by atoms with Crippen molar-refractivity contribution in [2.24, 2.45) is 0 Å². The summed E-state index contributed by atoms with van der Waals surface area (Å²) < 4.78 is 2.05. The van der Waals surface area contributed by atoms with Crippen LogP contribution in [0.15, 0.2) is 24.3 Å². The molecular weight excluding hydrogens is 679 g/mol. The van der Waals surface area contributed by atoms with Gasteiger partial charge in [-0.05, 0) is 0 Å². The van der Waals surface area contributed by atoms with Gasteiger partial charge in [0, 0.05) is 0 Å². The van der Waals surface area contributed by atoms with Gasteiger partial charge in [0.1, 0.15) is 0 Å². The van der Waals surface area contributed by atoms with E-state index in [0.29, 0.717) is 0 Å². The fourth-order valence-corrected chi connectivity index (χ4v) is 34.1. The van der Waals surface area contributed by atoms with E-state index in [1.54, 1.807) is 77.0 Å². The van der Waals surface area contributed by atoms with Gasteiger partial charge in [-0.2, -0.15) is 0 Å². The molecule has 0 saturated heterocycles. The van der Waals surface area contributed by atoms with Gasteiger partial charge < -0.3 is 0 Å². The number of hydrogen-bond donors (Lipinski definition) is 0. The molecule has 0 spiro atoms. The average molecular weight is 752 g/mol. The molecule has 0 aliphatic heterocycles. The Morgan fingerprint density at radius 2 is 0.674 bits per heavy atom. The summed E-state index contributed by atoms with van der Waals surface area (Å²) in [6.07, 6.45) is 46.4. The van der Waals surface area contributed by atoms with Crippen molar-refractivity contribution in [3.63, 3.8) is 0 Å². The predicted octanol–water partition coefficient (Wildman–Crippen LogP) is 12.8. The molecule has 7 rings (SSSR count). The normalized spacial score (nSPS) is 27.4. The maximum absolute atomic E-state index is 3.65. The average Bonchev–Trinajstić information content (AvgIpc) is 3.15. The third kappa shape index (κ3) is 6.80. The van der Waals surface area contributed by atoms with Crippen molar-refractivity contribution in [2.75, 3.05) is 0 Å². The summed E-state index contributed by atoms with van der Waals surface area (Å²) in [7, 11) is -3.60. The molecule has 6 fully saturated rings. The summed E-state index contributed by atoms with van der Waals surface area (Å²) in [5, 5.41) is 2.08. The van der Waals surface area contributed by atoms with Gasteiger partial charge >= 0.3 is 298 Å². The number of rotatable bonds is 9. The molecule has 1 aromatic carbocycles. The molecule has 1 aromatic rings. The standard InChI is InChI=1S/C43H72P2.Ru/c1-7-22-37(23-8-1)44(38-24-9-2-10-25-38,39-26-11-3-12-27-39)35-36-21-19-20-34-43(36)45(40-28-13-4-14-29-40,41-30-15-5-16-31-41)42-32-17-6-18-33-42;/h19-21,34,37-42,44-45H,1-18,22-33H2;. The Labute approximate surface area is 296 Å². The summed E-state index contributed by atoms with van der Waals surface area (Å²) in [4.78, 5) is 0. The molecule has 0 N–H and O–H groups in total. The molecule has 0 heterocycles. The molecule has 6 saturated carbocycles. The predicted molar refractivity (Wildman–Crippen MR) is 208 cm³/mol. The first kappa shape index (κ1) is 35.0. The minimum atomic E-state index is -1.81. The molecule has 0 nitrogen and oxygen atoms in total. The molecule has 0 bridgehead atoms. The number of hydrogen-bond acceptors (Lipinski definition) is 0. The molecule has 0 radical (unpaired) electrons. The van der Waals surface area contributed by atoms with Crippen LogP contribution in [0, 0.1) is 0 Å². The summed E-state index contributed by atoms with van der Waals surface area (Å²) in [6, 6.07) is 10.8. The second-order valence-electron chi connectivity index (χ2n) is 17.7. The molecular formula is C43H72P2Ru. The molecule has 3 heteroatoms. The minimum absolute atomic E-state index is 1.06. The fraction of sp³-hybridized carbons (Fsp3) is 0.837. The second kappa shape index (κ2) is 16.7. The Balaban J connectivity index is 1.42. The van der Waals surface area contributed by atoms with Gasteiger partial charge in [0.2, 0.25) is 0 Å². The number of benzene rings is 1. The molecule has 0 atom stereocenters. The van der Waals surface area contributed by atoms with Crippen LogP contribution in [0.2, 0.25) is 0 Å². The monoisotopic (exact) mass is 752 g/mol. The third-order valence-electron chi connectivity index (χ3n) is 15.7. The van der Waals surface area contributed by atoms with Crippen LogP contribution < -0.4 is 5.30 Å². The molecule has 0 unspecified atom stereocenters. The molecule has 0 aromatic heterocycles. The van der Waals surface area contributed by atoms with Gasteiger partial charge in [-0.15, -0.1) is 0 Å². The Hall–Kier alpha value is 0.573. The van der Waals surface area contributed by atoms with Crippen LogP contribution in [0.4, 0.5) is 0 Å². The summed E-state index contributed by atoms with van der Waals surface area (Å²) >= 11 is 3.65. The van der Waals surface area contributed by atoms with Gasteiger partial charge in [0.15, 0.2) is 0 Å². The van der Waals surface area contributed by atoms with E-state index in [9.17, 15) is 0 Å². The second-order valence-corrected chi connectivity index (χ2v) is 29.1. The van der Waals surface area contributed by atoms with Crippen LogP contribution in [0.1, 0.15) is 198 Å². The van der Waals surface area contributed by atoms with Gasteiger partial charge in [0.05, 0.1) is 0 Å². The zero-order valence-electron chi connectivity index (χ0n) is 29.8. The van der Waals surface area contributed by atoms with E-state index < -0.39 is 14.5 Å². The first-order valence-electron chi connectivity index (χ1n) is 21.4. The Bertz CT molecular complexity index is 1000. The summed E-state index contributed by atoms with van der Waals surface area (Å²) in [6.45, 7) is 0. The van der Waals surface area contributed by atoms with Gasteiger partial charge in [-0.25, -0.2) is 0 Å². The van der Waals surface area contributed by atoms with Crippen molar-refractivity contribution in [1.29, 1.82) is 0 Å². The van der Waals surface area contributed by atoms with Crippen LogP contribution in [0.3, 0.4) is 0 Å². The van der Waals surface area contributed by atoms with Gasteiger partial charge in [-0.1, -0.05) is 0 Å². The Morgan fingerprint density at radius 1 is 0.391 bits per heavy atom. The van der Waals surface area contributed by atoms with Crippen LogP contribution in [0.25, 0.3) is 0 Å². The third-order valence-corrected chi connectivity index (χ3v) is 32.4. The van der Waals surface area contributed by atoms with Crippen LogP contribution >= 0.6 is 14.5 Å². The van der Waals surface area contributed by atoms with Crippen molar-refractivity contribution in [3.8, 4) is 0 Å². The molecule has 6 aliphatic carbocycles. The van der Waals surface area contributed by atoms with E-state index in [1.807, 2.05) is 9.41 Å². The van der Waals surface area contributed by atoms with E-state index >= 15 is 0 Å². The SMILES string of the molecule is [Ru]=[C](c1ccccc1[PH](C1CCCCC1)(C1CCCCC1)C1CCCCC1)[PH](C1CCCCC1)(C1CCCCC1)C1CCCCC1. The van der Waals surface area contributed by atoms with E-state index in [0.717, 1.165) is 34.0 Å². The van der Waals surface area contributed by atoms with E-state index in [-0.39, 0.29) is 0 Å². The molecule has 262 valence electrons. The van der Waals surface area contributed by atoms with Gasteiger partial charge in [0.25, 0.3) is 0 Å². The molecule has 6 aliphatic rings. The summed E-state index contributed by atoms with van der Waals surface area (Å²) in [5.41, 5.74) is 8.28. The maximum atomic E-state index is 3.65. The van der Waals surface area contributed by atoms with E-state index in [4.69, 9.17) is 0 Å². The topological polar surface area (TPSA) is 0 Å². The Morgan fingerprint density at radius 3 is 1.00 bits per heavy atom. The van der Waals surface area contributed by atoms with Crippen molar-refractivity contribution in [1.82, 2.24) is 0 Å². The zero-order valence-corrected chi connectivity index (χ0v) is 33.6. The molecule has 0 amide bonds. The van der Waals surface area contributed by atoms with Gasteiger partial charge in [-0.3, -0.25) is 0 Å². The first-order chi connectivity index (χ1) is 22.8. The first-order valence-corrected chi connectivity index (χ1v) is 26.7. The Kier molecular flexibility index (Phi) is 12.7. The quantitative estimate of drug-likeness (QED) is 0.174. The van der Waals surface area contributed by atoms with E-state index in [2.05, 4.69) is 47.4 Å². The summed E-state index contributed by atoms with van der Waals surface area (Å²) in [5.74, 6) is 0. The fourth-order valence-electron chi connectivity index (χ4n) is 13.9. The van der Waals surface area contributed by atoms with Crippen LogP contribution in [-0.4, -0.2) is 37.8 Å². The molecule has 46 heavy (non-hydrogen) atoms. The van der Waals surface area contributed by atoms with Crippen molar-refractivity contribution in [3.05, 3.63) is 29.8 Å².